The van der Waals surface area contributed by atoms with Gasteiger partial charge in [-0.3, -0.25) is 0 Å². The van der Waals surface area contributed by atoms with Crippen LogP contribution in [0.4, 0.5) is 0 Å². The zero-order valence-corrected chi connectivity index (χ0v) is 11.3. The van der Waals surface area contributed by atoms with E-state index in [0.29, 0.717) is 11.8 Å². The number of ether oxygens (including phenoxy) is 1. The lowest BCUT2D eigenvalue weighted by molar-refractivity contribution is 0.475. The predicted molar refractivity (Wildman–Crippen MR) is 77.9 cm³/mol. The summed E-state index contributed by atoms with van der Waals surface area (Å²) in [5, 5.41) is 0.748. The molecule has 0 amide bonds. The van der Waals surface area contributed by atoms with E-state index >= 15 is 0 Å². The van der Waals surface area contributed by atoms with E-state index in [1.807, 2.05) is 48.5 Å². The van der Waals surface area contributed by atoms with E-state index in [-0.39, 0.29) is 0 Å². The van der Waals surface area contributed by atoms with Crippen LogP contribution in [-0.2, 0) is 0 Å². The second-order valence-electron chi connectivity index (χ2n) is 4.94. The molecule has 2 atom stereocenters. The van der Waals surface area contributed by atoms with E-state index in [1.54, 1.807) is 0 Å². The zero-order valence-electron chi connectivity index (χ0n) is 10.6. The van der Waals surface area contributed by atoms with Crippen molar-refractivity contribution in [1.82, 2.24) is 0 Å². The van der Waals surface area contributed by atoms with Crippen molar-refractivity contribution in [2.75, 3.05) is 6.54 Å². The van der Waals surface area contributed by atoms with Crippen molar-refractivity contribution in [1.29, 1.82) is 0 Å². The summed E-state index contributed by atoms with van der Waals surface area (Å²) in [6.45, 7) is 0.724. The summed E-state index contributed by atoms with van der Waals surface area (Å²) >= 11 is 6.10. The van der Waals surface area contributed by atoms with Crippen molar-refractivity contribution in [3.8, 4) is 11.5 Å². The van der Waals surface area contributed by atoms with Crippen LogP contribution in [0.25, 0.3) is 0 Å². The van der Waals surface area contributed by atoms with Crippen LogP contribution in [-0.4, -0.2) is 6.54 Å². The molecular formula is C16H16ClNO. The van der Waals surface area contributed by atoms with Crippen molar-refractivity contribution in [2.45, 2.75) is 12.3 Å². The van der Waals surface area contributed by atoms with Crippen molar-refractivity contribution in [3.05, 3.63) is 59.1 Å². The molecule has 1 saturated carbocycles. The highest BCUT2D eigenvalue weighted by Gasteiger charge is 2.39. The van der Waals surface area contributed by atoms with Gasteiger partial charge < -0.3 is 10.5 Å². The largest absolute Gasteiger partial charge is 0.457 e. The number of hydrogen-bond donors (Lipinski definition) is 1. The van der Waals surface area contributed by atoms with Gasteiger partial charge in [-0.2, -0.15) is 0 Å². The van der Waals surface area contributed by atoms with E-state index in [2.05, 4.69) is 0 Å². The molecule has 1 aliphatic rings. The number of para-hydroxylation sites is 1. The minimum absolute atomic E-state index is 0.488. The fraction of sp³-hybridized carbons (Fsp3) is 0.250. The topological polar surface area (TPSA) is 35.2 Å². The number of halogens is 1. The molecular weight excluding hydrogens is 258 g/mol. The molecule has 0 spiro atoms. The van der Waals surface area contributed by atoms with E-state index in [4.69, 9.17) is 22.1 Å². The fourth-order valence-corrected chi connectivity index (χ4v) is 2.59. The van der Waals surface area contributed by atoms with Gasteiger partial charge in [0.1, 0.15) is 11.5 Å². The lowest BCUT2D eigenvalue weighted by atomic mass is 10.1. The Labute approximate surface area is 118 Å². The van der Waals surface area contributed by atoms with Crippen molar-refractivity contribution in [2.24, 2.45) is 11.7 Å². The third-order valence-corrected chi connectivity index (χ3v) is 3.80. The summed E-state index contributed by atoms with van der Waals surface area (Å²) in [7, 11) is 0. The summed E-state index contributed by atoms with van der Waals surface area (Å²) in [6, 6.07) is 15.6. The van der Waals surface area contributed by atoms with Gasteiger partial charge in [-0.15, -0.1) is 0 Å². The summed E-state index contributed by atoms with van der Waals surface area (Å²) in [5.74, 6) is 2.78. The van der Waals surface area contributed by atoms with Crippen LogP contribution < -0.4 is 10.5 Å². The molecule has 0 saturated heterocycles. The number of rotatable bonds is 4. The van der Waals surface area contributed by atoms with Gasteiger partial charge in [0.05, 0.1) is 0 Å². The average molecular weight is 274 g/mol. The predicted octanol–water partition coefficient (Wildman–Crippen LogP) is 4.19. The third-order valence-electron chi connectivity index (χ3n) is 3.57. The lowest BCUT2D eigenvalue weighted by Gasteiger charge is -2.11. The summed E-state index contributed by atoms with van der Waals surface area (Å²) in [6.07, 6.45) is 1.13. The molecule has 0 aromatic heterocycles. The van der Waals surface area contributed by atoms with E-state index in [1.165, 1.54) is 5.56 Å². The highest BCUT2D eigenvalue weighted by Crippen LogP contribution is 2.50. The second kappa shape index (κ2) is 5.24. The molecule has 98 valence electrons. The summed E-state index contributed by atoms with van der Waals surface area (Å²) < 4.78 is 5.96. The maximum atomic E-state index is 6.10. The van der Waals surface area contributed by atoms with E-state index in [0.717, 1.165) is 29.5 Å². The Balaban J connectivity index is 1.89. The minimum Gasteiger partial charge on any atom is -0.457 e. The first-order valence-electron chi connectivity index (χ1n) is 6.50. The Bertz CT molecular complexity index is 570. The average Bonchev–Trinajstić information content (AvgIpc) is 3.21. The number of hydrogen-bond acceptors (Lipinski definition) is 2. The molecule has 0 aliphatic heterocycles. The van der Waals surface area contributed by atoms with Crippen molar-refractivity contribution in [3.63, 3.8) is 0 Å². The van der Waals surface area contributed by atoms with Crippen molar-refractivity contribution >= 4 is 11.6 Å². The molecule has 1 fully saturated rings. The Morgan fingerprint density at radius 3 is 2.63 bits per heavy atom. The molecule has 1 aliphatic carbocycles. The van der Waals surface area contributed by atoms with Gasteiger partial charge in [-0.1, -0.05) is 29.8 Å². The molecule has 2 aromatic carbocycles. The van der Waals surface area contributed by atoms with Crippen LogP contribution >= 0.6 is 11.6 Å². The zero-order chi connectivity index (χ0) is 13.2. The Morgan fingerprint density at radius 2 is 1.95 bits per heavy atom. The van der Waals surface area contributed by atoms with Crippen LogP contribution in [0.3, 0.4) is 0 Å². The van der Waals surface area contributed by atoms with Crippen LogP contribution in [0.1, 0.15) is 17.9 Å². The Hall–Kier alpha value is -1.51. The quantitative estimate of drug-likeness (QED) is 0.906. The highest BCUT2D eigenvalue weighted by atomic mass is 35.5. The lowest BCUT2D eigenvalue weighted by Crippen LogP contribution is -2.02. The molecule has 3 rings (SSSR count). The van der Waals surface area contributed by atoms with Gasteiger partial charge in [-0.25, -0.2) is 0 Å². The summed E-state index contributed by atoms with van der Waals surface area (Å²) in [5.41, 5.74) is 6.90. The van der Waals surface area contributed by atoms with Crippen molar-refractivity contribution < 1.29 is 4.74 Å². The molecule has 2 aromatic rings. The number of nitrogens with two attached hydrogens (primary N) is 1. The van der Waals surface area contributed by atoms with E-state index in [9.17, 15) is 0 Å². The summed E-state index contributed by atoms with van der Waals surface area (Å²) in [4.78, 5) is 0. The third kappa shape index (κ3) is 2.75. The van der Waals surface area contributed by atoms with Crippen LogP contribution in [0, 0.1) is 5.92 Å². The molecule has 2 N–H and O–H groups in total. The molecule has 0 radical (unpaired) electrons. The van der Waals surface area contributed by atoms with Crippen LogP contribution in [0.2, 0.25) is 5.02 Å². The van der Waals surface area contributed by atoms with Gasteiger partial charge in [0.2, 0.25) is 0 Å². The Morgan fingerprint density at radius 1 is 1.16 bits per heavy atom. The van der Waals surface area contributed by atoms with Gasteiger partial charge in [0.25, 0.3) is 0 Å². The van der Waals surface area contributed by atoms with Gasteiger partial charge in [-0.05, 0) is 60.7 Å². The fourth-order valence-electron chi connectivity index (χ4n) is 2.41. The smallest absolute Gasteiger partial charge is 0.131 e. The highest BCUT2D eigenvalue weighted by molar-refractivity contribution is 6.30. The first-order valence-corrected chi connectivity index (χ1v) is 6.88. The first-order chi connectivity index (χ1) is 9.28. The minimum atomic E-state index is 0.488. The number of benzene rings is 2. The molecule has 2 nitrogen and oxygen atoms in total. The molecule has 1 unspecified atom stereocenters. The molecule has 0 heterocycles. The van der Waals surface area contributed by atoms with Gasteiger partial charge >= 0.3 is 0 Å². The molecule has 3 heteroatoms. The van der Waals surface area contributed by atoms with Crippen LogP contribution in [0.5, 0.6) is 11.5 Å². The van der Waals surface area contributed by atoms with Crippen LogP contribution in [0.15, 0.2) is 48.5 Å². The second-order valence-corrected chi connectivity index (χ2v) is 5.37. The molecule has 0 bridgehead atoms. The van der Waals surface area contributed by atoms with E-state index < -0.39 is 0 Å². The van der Waals surface area contributed by atoms with Gasteiger partial charge in [0, 0.05) is 5.02 Å². The van der Waals surface area contributed by atoms with Gasteiger partial charge in [0.15, 0.2) is 0 Å². The molecule has 19 heavy (non-hydrogen) atoms. The first kappa shape index (κ1) is 12.5. The maximum Gasteiger partial charge on any atom is 0.131 e. The Kier molecular flexibility index (Phi) is 3.45. The SMILES string of the molecule is NCC1C[C@@H]1c1cc(Cl)ccc1Oc1ccccc1. The normalized spacial score (nSPS) is 21.2. The standard InChI is InChI=1S/C16H16ClNO/c17-12-6-7-16(19-13-4-2-1-3-5-13)15(9-12)14-8-11(14)10-18/h1-7,9,11,14H,8,10,18H2/t11?,14-/m0/s1. The monoisotopic (exact) mass is 273 g/mol. The maximum absolute atomic E-state index is 6.10.